The van der Waals surface area contributed by atoms with Gasteiger partial charge in [0.25, 0.3) is 5.91 Å². The Morgan fingerprint density at radius 1 is 0.822 bits per heavy atom. The van der Waals surface area contributed by atoms with Crippen molar-refractivity contribution in [1.29, 1.82) is 0 Å². The summed E-state index contributed by atoms with van der Waals surface area (Å²) >= 11 is 13.5. The lowest BCUT2D eigenvalue weighted by Gasteiger charge is -2.11. The van der Waals surface area contributed by atoms with Crippen LogP contribution in [-0.4, -0.2) is 37.0 Å². The number of thiophene rings is 1. The molecule has 226 valence electrons. The number of fused-ring (bicyclic) bond motifs is 1. The highest BCUT2D eigenvalue weighted by Gasteiger charge is 2.21. The first kappa shape index (κ1) is 31.2. The van der Waals surface area contributed by atoms with E-state index in [0.717, 1.165) is 10.1 Å². The summed E-state index contributed by atoms with van der Waals surface area (Å²) in [6.07, 6.45) is 1.27. The Labute approximate surface area is 270 Å². The molecule has 0 aliphatic rings. The highest BCUT2D eigenvalue weighted by Crippen LogP contribution is 2.37. The van der Waals surface area contributed by atoms with E-state index in [-0.39, 0.29) is 27.6 Å². The van der Waals surface area contributed by atoms with Gasteiger partial charge in [0.2, 0.25) is 0 Å². The number of carbonyl (C=O) groups excluding carboxylic acids is 4. The lowest BCUT2D eigenvalue weighted by atomic mass is 10.1. The van der Waals surface area contributed by atoms with Crippen molar-refractivity contribution < 1.29 is 28.7 Å². The first-order chi connectivity index (χ1) is 21.7. The Morgan fingerprint density at radius 3 is 2.31 bits per heavy atom. The molecule has 1 heterocycles. The molecular weight excluding hydrogens is 639 g/mol. The Balaban J connectivity index is 1.20. The first-order valence-corrected chi connectivity index (χ1v) is 14.7. The fourth-order valence-corrected chi connectivity index (χ4v) is 5.57. The molecule has 5 rings (SSSR count). The molecule has 4 aromatic carbocycles. The van der Waals surface area contributed by atoms with Crippen LogP contribution in [0.5, 0.6) is 11.5 Å². The van der Waals surface area contributed by atoms with E-state index in [1.165, 1.54) is 48.9 Å². The maximum atomic E-state index is 12.9. The highest BCUT2D eigenvalue weighted by atomic mass is 35.5. The van der Waals surface area contributed by atoms with Gasteiger partial charge in [0.15, 0.2) is 11.5 Å². The number of carbonyl (C=O) groups is 4. The van der Waals surface area contributed by atoms with Crippen LogP contribution < -0.4 is 25.5 Å². The fraction of sp³-hybridized carbons (Fsp3) is 0.0312. The maximum Gasteiger partial charge on any atom is 0.355 e. The van der Waals surface area contributed by atoms with Crippen LogP contribution in [0.2, 0.25) is 10.0 Å². The molecule has 0 radical (unpaired) electrons. The summed E-state index contributed by atoms with van der Waals surface area (Å²) < 4.78 is 11.8. The van der Waals surface area contributed by atoms with E-state index in [4.69, 9.17) is 32.7 Å². The Kier molecular flexibility index (Phi) is 9.73. The third kappa shape index (κ3) is 7.47. The van der Waals surface area contributed by atoms with Gasteiger partial charge in [0.1, 0.15) is 4.88 Å². The number of rotatable bonds is 8. The summed E-state index contributed by atoms with van der Waals surface area (Å²) in [6.45, 7) is 0. The highest BCUT2D eigenvalue weighted by molar-refractivity contribution is 7.21. The van der Waals surface area contributed by atoms with Crippen LogP contribution in [0.25, 0.3) is 10.1 Å². The number of methoxy groups -OCH3 is 1. The molecule has 13 heteroatoms. The van der Waals surface area contributed by atoms with E-state index in [2.05, 4.69) is 21.2 Å². The van der Waals surface area contributed by atoms with Gasteiger partial charge in [0, 0.05) is 20.8 Å². The van der Waals surface area contributed by atoms with Gasteiger partial charge in [-0.05, 0) is 66.2 Å². The Hall–Kier alpha value is -5.23. The Bertz CT molecular complexity index is 1960. The first-order valence-electron chi connectivity index (χ1n) is 13.1. The van der Waals surface area contributed by atoms with E-state index in [0.29, 0.717) is 21.3 Å². The molecule has 0 bridgehead atoms. The summed E-state index contributed by atoms with van der Waals surface area (Å²) in [6, 6.07) is 24.7. The number of nitrogens with zero attached hydrogens (tertiary/aromatic N) is 1. The molecule has 0 saturated heterocycles. The minimum atomic E-state index is -1.07. The van der Waals surface area contributed by atoms with Gasteiger partial charge in [-0.1, -0.05) is 53.5 Å². The predicted octanol–water partition coefficient (Wildman–Crippen LogP) is 6.78. The molecule has 0 unspecified atom stereocenters. The van der Waals surface area contributed by atoms with Gasteiger partial charge >= 0.3 is 17.8 Å². The van der Waals surface area contributed by atoms with Crippen molar-refractivity contribution in [3.63, 3.8) is 0 Å². The lowest BCUT2D eigenvalue weighted by Crippen LogP contribution is -2.33. The van der Waals surface area contributed by atoms with E-state index in [9.17, 15) is 19.2 Å². The number of hydrogen-bond donors (Lipinski definition) is 3. The second-order valence-corrected chi connectivity index (χ2v) is 11.1. The van der Waals surface area contributed by atoms with E-state index in [1.54, 1.807) is 42.5 Å². The number of hydrogen-bond acceptors (Lipinski definition) is 8. The number of amides is 3. The van der Waals surface area contributed by atoms with Crippen molar-refractivity contribution >= 4 is 85.9 Å². The second-order valence-electron chi connectivity index (χ2n) is 9.20. The van der Waals surface area contributed by atoms with Crippen molar-refractivity contribution in [1.82, 2.24) is 5.43 Å². The molecule has 0 atom stereocenters. The number of ether oxygens (including phenoxy) is 2. The van der Waals surface area contributed by atoms with Crippen molar-refractivity contribution in [2.24, 2.45) is 5.10 Å². The molecule has 0 aliphatic heterocycles. The van der Waals surface area contributed by atoms with Crippen LogP contribution in [0.15, 0.2) is 96.1 Å². The molecule has 10 nitrogen and oxygen atoms in total. The number of para-hydroxylation sites is 1. The number of benzene rings is 4. The van der Waals surface area contributed by atoms with Gasteiger partial charge in [0.05, 0.1) is 29.6 Å². The predicted molar refractivity (Wildman–Crippen MR) is 175 cm³/mol. The molecular formula is C32H22Cl2N4O6S. The van der Waals surface area contributed by atoms with Crippen LogP contribution >= 0.6 is 34.5 Å². The standard InChI is InChI=1S/C32H22Cl2N4O6S/c1-43-25-16-18(10-15-24(25)44-32(42)28-27(34)22-7-3-5-9-26(22)45-28)17-35-38-31(41)30(40)37-23-8-4-2-6-21(23)29(39)36-20-13-11-19(33)12-14-20/h2-17H,1H3,(H,36,39)(H,37,40)(H,38,41)/b35-17-. The summed E-state index contributed by atoms with van der Waals surface area (Å²) in [5.74, 6) is -2.88. The smallest absolute Gasteiger partial charge is 0.355 e. The third-order valence-electron chi connectivity index (χ3n) is 6.22. The van der Waals surface area contributed by atoms with Gasteiger partial charge in [-0.2, -0.15) is 5.10 Å². The number of esters is 1. The van der Waals surface area contributed by atoms with Crippen molar-refractivity contribution in [2.45, 2.75) is 0 Å². The van der Waals surface area contributed by atoms with Crippen molar-refractivity contribution in [2.75, 3.05) is 17.7 Å². The molecule has 0 spiro atoms. The van der Waals surface area contributed by atoms with Gasteiger partial charge in [-0.15, -0.1) is 11.3 Å². The molecule has 3 N–H and O–H groups in total. The van der Waals surface area contributed by atoms with Crippen LogP contribution in [-0.2, 0) is 9.59 Å². The quantitative estimate of drug-likeness (QED) is 0.0552. The van der Waals surface area contributed by atoms with Crippen molar-refractivity contribution in [3.8, 4) is 11.5 Å². The lowest BCUT2D eigenvalue weighted by molar-refractivity contribution is -0.136. The van der Waals surface area contributed by atoms with Crippen LogP contribution in [0.1, 0.15) is 25.6 Å². The summed E-state index contributed by atoms with van der Waals surface area (Å²) in [4.78, 5) is 50.9. The minimum absolute atomic E-state index is 0.125. The van der Waals surface area contributed by atoms with E-state index in [1.807, 2.05) is 24.3 Å². The average molecular weight is 662 g/mol. The van der Waals surface area contributed by atoms with Crippen LogP contribution in [0, 0.1) is 0 Å². The minimum Gasteiger partial charge on any atom is -0.493 e. The summed E-state index contributed by atoms with van der Waals surface area (Å²) in [7, 11) is 1.40. The molecule has 1 aromatic heterocycles. The fourth-order valence-electron chi connectivity index (χ4n) is 4.06. The SMILES string of the molecule is COc1cc(/C=N\NC(=O)C(=O)Nc2ccccc2C(=O)Nc2ccc(Cl)cc2)ccc1OC(=O)c1sc2ccccc2c1Cl. The molecule has 45 heavy (non-hydrogen) atoms. The van der Waals surface area contributed by atoms with Crippen LogP contribution in [0.4, 0.5) is 11.4 Å². The maximum absolute atomic E-state index is 12.9. The van der Waals surface area contributed by atoms with E-state index < -0.39 is 23.7 Å². The molecule has 0 aliphatic carbocycles. The third-order valence-corrected chi connectivity index (χ3v) is 8.13. The van der Waals surface area contributed by atoms with Crippen molar-refractivity contribution in [3.05, 3.63) is 117 Å². The van der Waals surface area contributed by atoms with E-state index >= 15 is 0 Å². The zero-order valence-corrected chi connectivity index (χ0v) is 25.6. The summed E-state index contributed by atoms with van der Waals surface area (Å²) in [5, 5.41) is 10.5. The van der Waals surface area contributed by atoms with Gasteiger partial charge < -0.3 is 20.1 Å². The topological polar surface area (TPSA) is 135 Å². The Morgan fingerprint density at radius 2 is 1.56 bits per heavy atom. The monoisotopic (exact) mass is 660 g/mol. The van der Waals surface area contributed by atoms with Crippen LogP contribution in [0.3, 0.4) is 0 Å². The molecule has 0 saturated carbocycles. The number of hydrazone groups is 1. The normalized spacial score (nSPS) is 10.8. The average Bonchev–Trinajstić information content (AvgIpc) is 3.39. The summed E-state index contributed by atoms with van der Waals surface area (Å²) in [5.41, 5.74) is 3.37. The second kappa shape index (κ2) is 14.0. The number of halogens is 2. The molecule has 0 fully saturated rings. The molecule has 5 aromatic rings. The molecule has 3 amide bonds. The number of nitrogens with one attached hydrogen (secondary N) is 3. The number of anilines is 2. The zero-order valence-electron chi connectivity index (χ0n) is 23.3. The van der Waals surface area contributed by atoms with Gasteiger partial charge in [-0.3, -0.25) is 14.4 Å². The van der Waals surface area contributed by atoms with Gasteiger partial charge in [-0.25, -0.2) is 10.2 Å². The zero-order chi connectivity index (χ0) is 31.9. The largest absolute Gasteiger partial charge is 0.493 e.